The molecule has 0 saturated carbocycles. The Kier molecular flexibility index (Phi) is 10.2. The minimum atomic E-state index is 0.532. The van der Waals surface area contributed by atoms with Crippen LogP contribution in [0.1, 0.15) is 5.56 Å². The molecule has 0 fully saturated rings. The molecule has 0 aliphatic rings. The third-order valence-electron chi connectivity index (χ3n) is 10.7. The van der Waals surface area contributed by atoms with Crippen LogP contribution in [0.25, 0.3) is 102 Å². The van der Waals surface area contributed by atoms with Crippen molar-refractivity contribution in [1.29, 1.82) is 5.26 Å². The fraction of sp³-hybridized carbons (Fsp3) is 0. The van der Waals surface area contributed by atoms with Crippen molar-refractivity contribution in [2.75, 3.05) is 0 Å². The van der Waals surface area contributed by atoms with Crippen LogP contribution in [0.2, 0.25) is 0 Å². The van der Waals surface area contributed by atoms with E-state index in [1.807, 2.05) is 146 Å². The van der Waals surface area contributed by atoms with Crippen LogP contribution in [0, 0.1) is 11.3 Å². The minimum Gasteiger partial charge on any atom is -0.208 e. The molecule has 10 rings (SSSR count). The number of nitrogens with zero attached hydrogens (tertiary/aromatic N) is 7. The summed E-state index contributed by atoms with van der Waals surface area (Å²) in [6, 6.07) is 73.0. The second-order valence-electron chi connectivity index (χ2n) is 14.6. The maximum Gasteiger partial charge on any atom is 0.164 e. The zero-order valence-electron chi connectivity index (χ0n) is 33.3. The van der Waals surface area contributed by atoms with Crippen molar-refractivity contribution in [1.82, 2.24) is 29.9 Å². The quantitative estimate of drug-likeness (QED) is 0.143. The SMILES string of the molecule is N#Cc1ccc(-c2cc(-c3ccccc3-c3nc(-c4ccccc4)nc(-c4ccc(-c5ccccc5)cc4)n3)ccc2-c2nc(-c3ccccc3)nc(-c3ccccc3)n2)cc1. The largest absolute Gasteiger partial charge is 0.208 e. The summed E-state index contributed by atoms with van der Waals surface area (Å²) in [7, 11) is 0. The molecule has 2 aromatic heterocycles. The first-order valence-corrected chi connectivity index (χ1v) is 20.3. The van der Waals surface area contributed by atoms with Gasteiger partial charge in [-0.15, -0.1) is 0 Å². The van der Waals surface area contributed by atoms with Gasteiger partial charge in [0.1, 0.15) is 0 Å². The summed E-state index contributed by atoms with van der Waals surface area (Å²) in [6.45, 7) is 0. The highest BCUT2D eigenvalue weighted by molar-refractivity contribution is 5.89. The van der Waals surface area contributed by atoms with Gasteiger partial charge in [-0.3, -0.25) is 0 Å². The molecule has 0 atom stereocenters. The molecule has 290 valence electrons. The average Bonchev–Trinajstić information content (AvgIpc) is 3.37. The van der Waals surface area contributed by atoms with Gasteiger partial charge in [-0.1, -0.05) is 188 Å². The van der Waals surface area contributed by atoms with Gasteiger partial charge in [0.2, 0.25) is 0 Å². The first-order chi connectivity index (χ1) is 30.7. The van der Waals surface area contributed by atoms with E-state index in [9.17, 15) is 5.26 Å². The smallest absolute Gasteiger partial charge is 0.164 e. The molecule has 62 heavy (non-hydrogen) atoms. The van der Waals surface area contributed by atoms with Gasteiger partial charge in [0, 0.05) is 33.4 Å². The summed E-state index contributed by atoms with van der Waals surface area (Å²) < 4.78 is 0. The molecule has 10 aromatic rings. The lowest BCUT2D eigenvalue weighted by atomic mass is 9.91. The van der Waals surface area contributed by atoms with Crippen molar-refractivity contribution in [3.63, 3.8) is 0 Å². The second-order valence-corrected chi connectivity index (χ2v) is 14.6. The van der Waals surface area contributed by atoms with E-state index < -0.39 is 0 Å². The minimum absolute atomic E-state index is 0.532. The van der Waals surface area contributed by atoms with E-state index in [-0.39, 0.29) is 0 Å². The highest BCUT2D eigenvalue weighted by Gasteiger charge is 2.20. The fourth-order valence-electron chi connectivity index (χ4n) is 7.51. The maximum absolute atomic E-state index is 9.69. The van der Waals surface area contributed by atoms with Gasteiger partial charge in [0.25, 0.3) is 0 Å². The van der Waals surface area contributed by atoms with E-state index >= 15 is 0 Å². The van der Waals surface area contributed by atoms with Crippen molar-refractivity contribution < 1.29 is 0 Å². The number of nitriles is 1. The topological polar surface area (TPSA) is 101 Å². The van der Waals surface area contributed by atoms with Crippen LogP contribution in [0.15, 0.2) is 212 Å². The van der Waals surface area contributed by atoms with Gasteiger partial charge < -0.3 is 0 Å². The number of benzene rings is 8. The lowest BCUT2D eigenvalue weighted by Gasteiger charge is -2.16. The van der Waals surface area contributed by atoms with E-state index in [0.29, 0.717) is 40.5 Å². The predicted octanol–water partition coefficient (Wildman–Crippen LogP) is 12.9. The summed E-state index contributed by atoms with van der Waals surface area (Å²) in [4.78, 5) is 30.4. The van der Waals surface area contributed by atoms with Crippen molar-refractivity contribution in [2.45, 2.75) is 0 Å². The van der Waals surface area contributed by atoms with Crippen LogP contribution < -0.4 is 0 Å². The molecule has 8 aromatic carbocycles. The number of aromatic nitrogens is 6. The Morgan fingerprint density at radius 3 is 1.03 bits per heavy atom. The molecule has 0 radical (unpaired) electrons. The van der Waals surface area contributed by atoms with E-state index in [4.69, 9.17) is 29.9 Å². The molecule has 0 bridgehead atoms. The van der Waals surface area contributed by atoms with Crippen LogP contribution in [0.3, 0.4) is 0 Å². The summed E-state index contributed by atoms with van der Waals surface area (Å²) in [6.07, 6.45) is 0. The second kappa shape index (κ2) is 16.9. The zero-order chi connectivity index (χ0) is 41.7. The van der Waals surface area contributed by atoms with Gasteiger partial charge in [0.15, 0.2) is 34.9 Å². The van der Waals surface area contributed by atoms with E-state index in [0.717, 1.165) is 66.8 Å². The van der Waals surface area contributed by atoms with Crippen molar-refractivity contribution in [3.05, 3.63) is 218 Å². The van der Waals surface area contributed by atoms with Crippen LogP contribution >= 0.6 is 0 Å². The Hall–Kier alpha value is -8.73. The molecule has 0 spiro atoms. The van der Waals surface area contributed by atoms with E-state index in [2.05, 4.69) is 72.8 Å². The molecule has 7 nitrogen and oxygen atoms in total. The van der Waals surface area contributed by atoms with Crippen molar-refractivity contribution in [2.24, 2.45) is 0 Å². The summed E-state index contributed by atoms with van der Waals surface area (Å²) in [5, 5.41) is 9.69. The lowest BCUT2D eigenvalue weighted by molar-refractivity contribution is 1.07. The fourth-order valence-corrected chi connectivity index (χ4v) is 7.51. The molecular formula is C55H35N7. The number of rotatable bonds is 9. The lowest BCUT2D eigenvalue weighted by Crippen LogP contribution is -2.02. The molecule has 0 aliphatic carbocycles. The Labute approximate surface area is 359 Å². The number of hydrogen-bond acceptors (Lipinski definition) is 7. The van der Waals surface area contributed by atoms with Crippen molar-refractivity contribution >= 4 is 0 Å². The standard InChI is InChI=1S/C55H35N7/c56-36-37-25-27-40(28-26-37)49-35-45(33-34-48(49)55-60-50(41-17-7-2-8-18-41)57-51(61-55)42-19-9-3-10-20-42)46-23-13-14-24-47(46)54-59-52(43-21-11-4-12-22-43)58-53(62-54)44-31-29-39(30-32-44)38-15-5-1-6-16-38/h1-35H. The first kappa shape index (κ1) is 37.5. The summed E-state index contributed by atoms with van der Waals surface area (Å²) >= 11 is 0. The average molecular weight is 794 g/mol. The van der Waals surface area contributed by atoms with Crippen molar-refractivity contribution in [3.8, 4) is 108 Å². The molecular weight excluding hydrogens is 759 g/mol. The zero-order valence-corrected chi connectivity index (χ0v) is 33.3. The normalized spacial score (nSPS) is 10.9. The molecule has 0 amide bonds. The van der Waals surface area contributed by atoms with Crippen LogP contribution in [0.5, 0.6) is 0 Å². The molecule has 2 heterocycles. The summed E-state index contributed by atoms with van der Waals surface area (Å²) in [5.41, 5.74) is 11.7. The number of hydrogen-bond donors (Lipinski definition) is 0. The monoisotopic (exact) mass is 793 g/mol. The molecule has 0 aliphatic heterocycles. The first-order valence-electron chi connectivity index (χ1n) is 20.3. The molecule has 0 N–H and O–H groups in total. The van der Waals surface area contributed by atoms with E-state index in [1.54, 1.807) is 0 Å². The van der Waals surface area contributed by atoms with E-state index in [1.165, 1.54) is 0 Å². The van der Waals surface area contributed by atoms with Crippen LogP contribution in [-0.2, 0) is 0 Å². The molecule has 0 saturated heterocycles. The Morgan fingerprint density at radius 1 is 0.242 bits per heavy atom. The van der Waals surface area contributed by atoms with Gasteiger partial charge in [0.05, 0.1) is 11.6 Å². The van der Waals surface area contributed by atoms with Gasteiger partial charge in [-0.2, -0.15) is 5.26 Å². The van der Waals surface area contributed by atoms with Gasteiger partial charge in [-0.05, 0) is 57.6 Å². The Bertz CT molecular complexity index is 3150. The van der Waals surface area contributed by atoms with Crippen LogP contribution in [-0.4, -0.2) is 29.9 Å². The third kappa shape index (κ3) is 7.75. The van der Waals surface area contributed by atoms with Gasteiger partial charge >= 0.3 is 0 Å². The van der Waals surface area contributed by atoms with Gasteiger partial charge in [-0.25, -0.2) is 29.9 Å². The Morgan fingerprint density at radius 2 is 0.565 bits per heavy atom. The summed E-state index contributed by atoms with van der Waals surface area (Å²) in [5.74, 6) is 3.39. The Balaban J connectivity index is 1.13. The van der Waals surface area contributed by atoms with Crippen LogP contribution in [0.4, 0.5) is 0 Å². The third-order valence-corrected chi connectivity index (χ3v) is 10.7. The highest BCUT2D eigenvalue weighted by atomic mass is 15.0. The maximum atomic E-state index is 9.69. The molecule has 0 unspecified atom stereocenters. The predicted molar refractivity (Wildman–Crippen MR) is 247 cm³/mol. The highest BCUT2D eigenvalue weighted by Crippen LogP contribution is 2.39. The molecule has 7 heteroatoms.